The molecule has 0 unspecified atom stereocenters. The molecule has 3 aromatic carbocycles. The number of carbonyl (C=O) groups excluding carboxylic acids is 1. The number of carbonyl (C=O) groups is 1. The summed E-state index contributed by atoms with van der Waals surface area (Å²) in [6, 6.07) is 25.3. The van der Waals surface area contributed by atoms with Crippen LogP contribution in [0.5, 0.6) is 11.5 Å². The molecule has 0 saturated carbocycles. The van der Waals surface area contributed by atoms with Crippen molar-refractivity contribution in [2.45, 2.75) is 12.8 Å². The molecule has 0 bridgehead atoms. The maximum atomic E-state index is 12.3. The van der Waals surface area contributed by atoms with Gasteiger partial charge < -0.3 is 24.8 Å². The Morgan fingerprint density at radius 3 is 2.34 bits per heavy atom. The number of benzene rings is 3. The molecule has 3 rings (SSSR count). The molecule has 6 nitrogen and oxygen atoms in total. The highest BCUT2D eigenvalue weighted by Crippen LogP contribution is 2.18. The molecule has 168 valence electrons. The average molecular weight is 435 g/mol. The standard InChI is InChI=1S/C26H30N2O4/c1-30-17-18-32-24-14-12-22(13-15-24)28-26(29)20-27-23-10-5-11-25(19-23)31-16-6-9-21-7-3-2-4-8-21/h2-5,7-8,10-15,19,27H,6,9,16-18,20H2,1H3,(H,28,29). The fourth-order valence-electron chi connectivity index (χ4n) is 3.07. The van der Waals surface area contributed by atoms with Crippen LogP contribution in [0.25, 0.3) is 0 Å². The fraction of sp³-hybridized carbons (Fsp3) is 0.269. The minimum Gasteiger partial charge on any atom is -0.494 e. The predicted octanol–water partition coefficient (Wildman–Crippen LogP) is 4.77. The van der Waals surface area contributed by atoms with E-state index in [-0.39, 0.29) is 12.5 Å². The van der Waals surface area contributed by atoms with E-state index in [1.807, 2.05) is 54.6 Å². The van der Waals surface area contributed by atoms with Crippen LogP contribution < -0.4 is 20.1 Å². The molecule has 0 aromatic heterocycles. The monoisotopic (exact) mass is 434 g/mol. The summed E-state index contributed by atoms with van der Waals surface area (Å²) in [6.45, 7) is 1.82. The lowest BCUT2D eigenvalue weighted by atomic mass is 10.1. The molecule has 0 radical (unpaired) electrons. The van der Waals surface area contributed by atoms with Crippen molar-refractivity contribution in [3.8, 4) is 11.5 Å². The first-order valence-corrected chi connectivity index (χ1v) is 10.8. The van der Waals surface area contributed by atoms with Crippen LogP contribution in [0.3, 0.4) is 0 Å². The van der Waals surface area contributed by atoms with Crippen molar-refractivity contribution < 1.29 is 19.0 Å². The number of hydrogen-bond donors (Lipinski definition) is 2. The zero-order chi connectivity index (χ0) is 22.4. The van der Waals surface area contributed by atoms with Gasteiger partial charge in [-0.15, -0.1) is 0 Å². The Balaban J connectivity index is 1.38. The third kappa shape index (κ3) is 8.32. The Hall–Kier alpha value is -3.51. The van der Waals surface area contributed by atoms with Gasteiger partial charge in [0.2, 0.25) is 5.91 Å². The topological polar surface area (TPSA) is 68.8 Å². The van der Waals surface area contributed by atoms with Crippen molar-refractivity contribution >= 4 is 17.3 Å². The van der Waals surface area contributed by atoms with E-state index in [9.17, 15) is 4.79 Å². The molecule has 0 atom stereocenters. The van der Waals surface area contributed by atoms with Crippen molar-refractivity contribution in [1.82, 2.24) is 0 Å². The molecular weight excluding hydrogens is 404 g/mol. The molecule has 1 amide bonds. The number of nitrogens with one attached hydrogen (secondary N) is 2. The summed E-state index contributed by atoms with van der Waals surface area (Å²) in [5.41, 5.74) is 2.86. The second-order valence-electron chi connectivity index (χ2n) is 7.23. The van der Waals surface area contributed by atoms with Gasteiger partial charge in [0.25, 0.3) is 0 Å². The van der Waals surface area contributed by atoms with Crippen LogP contribution in [0.15, 0.2) is 78.9 Å². The Bertz CT molecular complexity index is 946. The molecule has 0 fully saturated rings. The first-order chi connectivity index (χ1) is 15.7. The molecule has 0 aliphatic heterocycles. The van der Waals surface area contributed by atoms with Crippen molar-refractivity contribution in [2.24, 2.45) is 0 Å². The number of ether oxygens (including phenoxy) is 3. The number of anilines is 2. The average Bonchev–Trinajstić information content (AvgIpc) is 2.83. The Morgan fingerprint density at radius 1 is 0.781 bits per heavy atom. The molecule has 32 heavy (non-hydrogen) atoms. The first kappa shape index (κ1) is 23.2. The van der Waals surface area contributed by atoms with E-state index in [0.717, 1.165) is 30.0 Å². The normalized spacial score (nSPS) is 10.4. The van der Waals surface area contributed by atoms with Gasteiger partial charge in [-0.1, -0.05) is 36.4 Å². The van der Waals surface area contributed by atoms with Gasteiger partial charge in [0.15, 0.2) is 0 Å². The largest absolute Gasteiger partial charge is 0.494 e. The van der Waals surface area contributed by atoms with Gasteiger partial charge in [0.1, 0.15) is 18.1 Å². The number of rotatable bonds is 13. The Labute approximate surface area is 189 Å². The van der Waals surface area contributed by atoms with E-state index in [1.54, 1.807) is 7.11 Å². The summed E-state index contributed by atoms with van der Waals surface area (Å²) >= 11 is 0. The number of methoxy groups -OCH3 is 1. The predicted molar refractivity (Wildman–Crippen MR) is 128 cm³/mol. The van der Waals surface area contributed by atoms with Crippen molar-refractivity contribution in [1.29, 1.82) is 0 Å². The zero-order valence-corrected chi connectivity index (χ0v) is 18.4. The Kier molecular flexibility index (Phi) is 9.42. The van der Waals surface area contributed by atoms with Crippen LogP contribution in [-0.2, 0) is 16.0 Å². The fourth-order valence-corrected chi connectivity index (χ4v) is 3.07. The summed E-state index contributed by atoms with van der Waals surface area (Å²) in [6.07, 6.45) is 1.93. The van der Waals surface area contributed by atoms with E-state index in [2.05, 4.69) is 34.9 Å². The molecule has 3 aromatic rings. The molecule has 0 spiro atoms. The van der Waals surface area contributed by atoms with E-state index in [1.165, 1.54) is 5.56 Å². The van der Waals surface area contributed by atoms with Crippen molar-refractivity contribution in [3.05, 3.63) is 84.4 Å². The smallest absolute Gasteiger partial charge is 0.243 e. The second-order valence-corrected chi connectivity index (χ2v) is 7.23. The first-order valence-electron chi connectivity index (χ1n) is 10.8. The second kappa shape index (κ2) is 13.0. The van der Waals surface area contributed by atoms with E-state index < -0.39 is 0 Å². The third-order valence-corrected chi connectivity index (χ3v) is 4.70. The van der Waals surface area contributed by atoms with Gasteiger partial charge in [-0.2, -0.15) is 0 Å². The quantitative estimate of drug-likeness (QED) is 0.379. The number of aryl methyl sites for hydroxylation is 1. The zero-order valence-electron chi connectivity index (χ0n) is 18.4. The maximum absolute atomic E-state index is 12.3. The van der Waals surface area contributed by atoms with Gasteiger partial charge >= 0.3 is 0 Å². The number of hydrogen-bond acceptors (Lipinski definition) is 5. The van der Waals surface area contributed by atoms with Crippen LogP contribution in [0, 0.1) is 0 Å². The van der Waals surface area contributed by atoms with Crippen molar-refractivity contribution in [2.75, 3.05) is 44.1 Å². The van der Waals surface area contributed by atoms with Crippen LogP contribution in [0.1, 0.15) is 12.0 Å². The highest BCUT2D eigenvalue weighted by molar-refractivity contribution is 5.93. The maximum Gasteiger partial charge on any atom is 0.243 e. The van der Waals surface area contributed by atoms with Crippen molar-refractivity contribution in [3.63, 3.8) is 0 Å². The van der Waals surface area contributed by atoms with Gasteiger partial charge in [0, 0.05) is 24.6 Å². The lowest BCUT2D eigenvalue weighted by molar-refractivity contribution is -0.114. The number of amides is 1. The van der Waals surface area contributed by atoms with Gasteiger partial charge in [0.05, 0.1) is 19.8 Å². The van der Waals surface area contributed by atoms with Gasteiger partial charge in [-0.3, -0.25) is 4.79 Å². The van der Waals surface area contributed by atoms with E-state index >= 15 is 0 Å². The molecule has 6 heteroatoms. The van der Waals surface area contributed by atoms with Crippen LogP contribution in [0.4, 0.5) is 11.4 Å². The summed E-state index contributed by atoms with van der Waals surface area (Å²) in [5.74, 6) is 1.39. The summed E-state index contributed by atoms with van der Waals surface area (Å²) in [5, 5.41) is 6.00. The van der Waals surface area contributed by atoms with Gasteiger partial charge in [-0.25, -0.2) is 0 Å². The highest BCUT2D eigenvalue weighted by Gasteiger charge is 2.04. The van der Waals surface area contributed by atoms with Gasteiger partial charge in [-0.05, 0) is 54.8 Å². The summed E-state index contributed by atoms with van der Waals surface area (Å²) in [4.78, 5) is 12.3. The minimum atomic E-state index is -0.132. The summed E-state index contributed by atoms with van der Waals surface area (Å²) < 4.78 is 16.3. The lowest BCUT2D eigenvalue weighted by Gasteiger charge is -2.11. The minimum absolute atomic E-state index is 0.132. The highest BCUT2D eigenvalue weighted by atomic mass is 16.5. The molecule has 0 saturated heterocycles. The molecule has 2 N–H and O–H groups in total. The molecule has 0 aliphatic rings. The van der Waals surface area contributed by atoms with E-state index in [4.69, 9.17) is 14.2 Å². The third-order valence-electron chi connectivity index (χ3n) is 4.70. The summed E-state index contributed by atoms with van der Waals surface area (Å²) in [7, 11) is 1.63. The van der Waals surface area contributed by atoms with Crippen LogP contribution in [0.2, 0.25) is 0 Å². The van der Waals surface area contributed by atoms with Crippen LogP contribution >= 0.6 is 0 Å². The van der Waals surface area contributed by atoms with Crippen LogP contribution in [-0.4, -0.2) is 39.4 Å². The molecular formula is C26H30N2O4. The molecule has 0 heterocycles. The SMILES string of the molecule is COCCOc1ccc(NC(=O)CNc2cccc(OCCCc3ccccc3)c2)cc1. The molecule has 0 aliphatic carbocycles. The lowest BCUT2D eigenvalue weighted by Crippen LogP contribution is -2.21. The van der Waals surface area contributed by atoms with E-state index in [0.29, 0.717) is 25.5 Å². The Morgan fingerprint density at radius 2 is 1.56 bits per heavy atom.